The Labute approximate surface area is 109 Å². The number of hydrogen-bond acceptors (Lipinski definition) is 4. The normalized spacial score (nSPS) is 13.1. The summed E-state index contributed by atoms with van der Waals surface area (Å²) in [4.78, 5) is 2.04. The Morgan fingerprint density at radius 1 is 1.33 bits per heavy atom. The zero-order valence-corrected chi connectivity index (χ0v) is 11.5. The molecule has 4 heteroatoms. The first-order valence-electron chi connectivity index (χ1n) is 6.36. The number of hydrogen-bond donors (Lipinski definition) is 2. The molecule has 4 nitrogen and oxygen atoms in total. The Kier molecular flexibility index (Phi) is 6.12. The lowest BCUT2D eigenvalue weighted by Gasteiger charge is -2.28. The van der Waals surface area contributed by atoms with Crippen molar-refractivity contribution in [1.82, 2.24) is 4.90 Å². The zero-order valence-electron chi connectivity index (χ0n) is 11.5. The van der Waals surface area contributed by atoms with Gasteiger partial charge in [0.05, 0.1) is 18.8 Å². The van der Waals surface area contributed by atoms with Gasteiger partial charge in [-0.15, -0.1) is 0 Å². The second kappa shape index (κ2) is 7.36. The molecule has 3 N–H and O–H groups in total. The molecular formula is C14H24N2O2. The summed E-state index contributed by atoms with van der Waals surface area (Å²) in [7, 11) is 1.96. The molecule has 0 spiro atoms. The molecule has 1 rings (SSSR count). The number of nitrogens with two attached hydrogens (primary N) is 1. The molecule has 1 aromatic rings. The van der Waals surface area contributed by atoms with Crippen LogP contribution in [0.3, 0.4) is 0 Å². The maximum atomic E-state index is 9.03. The highest BCUT2D eigenvalue weighted by Gasteiger charge is 2.19. The smallest absolute Gasteiger partial charge is 0.124 e. The Hall–Kier alpha value is -1.10. The van der Waals surface area contributed by atoms with Crippen molar-refractivity contribution >= 4 is 0 Å². The molecular weight excluding hydrogens is 228 g/mol. The van der Waals surface area contributed by atoms with Crippen LogP contribution in [0.2, 0.25) is 0 Å². The highest BCUT2D eigenvalue weighted by molar-refractivity contribution is 5.36. The predicted octanol–water partition coefficient (Wildman–Crippen LogP) is 1.40. The highest BCUT2D eigenvalue weighted by Crippen LogP contribution is 2.28. The minimum Gasteiger partial charge on any atom is -0.491 e. The molecule has 1 unspecified atom stereocenters. The van der Waals surface area contributed by atoms with Crippen molar-refractivity contribution in [3.63, 3.8) is 0 Å². The molecule has 0 aliphatic rings. The Morgan fingerprint density at radius 2 is 2.00 bits per heavy atom. The summed E-state index contributed by atoms with van der Waals surface area (Å²) in [6.07, 6.45) is 0.132. The van der Waals surface area contributed by atoms with Gasteiger partial charge in [0.2, 0.25) is 0 Å². The van der Waals surface area contributed by atoms with Gasteiger partial charge in [0.1, 0.15) is 5.75 Å². The van der Waals surface area contributed by atoms with Crippen molar-refractivity contribution in [3.8, 4) is 5.75 Å². The molecule has 102 valence electrons. The fourth-order valence-corrected chi connectivity index (χ4v) is 1.97. The lowest BCUT2D eigenvalue weighted by molar-refractivity contribution is 0.176. The summed E-state index contributed by atoms with van der Waals surface area (Å²) in [5.74, 6) is 0.868. The maximum absolute atomic E-state index is 9.03. The Bertz CT molecular complexity index is 355. The van der Waals surface area contributed by atoms with Crippen LogP contribution in [0, 0.1) is 0 Å². The van der Waals surface area contributed by atoms with Gasteiger partial charge < -0.3 is 15.6 Å². The van der Waals surface area contributed by atoms with Crippen LogP contribution < -0.4 is 10.5 Å². The molecule has 0 fully saturated rings. The fraction of sp³-hybridized carbons (Fsp3) is 0.571. The van der Waals surface area contributed by atoms with Gasteiger partial charge in [-0.3, -0.25) is 4.90 Å². The number of rotatable bonds is 7. The number of ether oxygens (including phenoxy) is 1. The van der Waals surface area contributed by atoms with Crippen molar-refractivity contribution in [2.75, 3.05) is 26.7 Å². The maximum Gasteiger partial charge on any atom is 0.124 e. The Morgan fingerprint density at radius 3 is 2.56 bits per heavy atom. The van der Waals surface area contributed by atoms with Gasteiger partial charge in [-0.05, 0) is 27.0 Å². The lowest BCUT2D eigenvalue weighted by atomic mass is 10.0. The van der Waals surface area contributed by atoms with Crippen LogP contribution in [0.15, 0.2) is 24.3 Å². The first-order valence-corrected chi connectivity index (χ1v) is 6.36. The van der Waals surface area contributed by atoms with E-state index in [4.69, 9.17) is 15.6 Å². The van der Waals surface area contributed by atoms with E-state index >= 15 is 0 Å². The van der Waals surface area contributed by atoms with E-state index in [9.17, 15) is 0 Å². The molecule has 1 atom stereocenters. The number of benzene rings is 1. The van der Waals surface area contributed by atoms with Gasteiger partial charge in [0, 0.05) is 18.7 Å². The number of likely N-dealkylation sites (N-methyl/N-ethyl adjacent to an activating group) is 1. The van der Waals surface area contributed by atoms with Crippen molar-refractivity contribution in [1.29, 1.82) is 0 Å². The van der Waals surface area contributed by atoms with Crippen molar-refractivity contribution < 1.29 is 9.84 Å². The summed E-state index contributed by atoms with van der Waals surface area (Å²) in [6, 6.07) is 8.00. The summed E-state index contributed by atoms with van der Waals surface area (Å²) in [5.41, 5.74) is 6.93. The third kappa shape index (κ3) is 3.98. The molecule has 1 aromatic carbocycles. The van der Waals surface area contributed by atoms with Crippen LogP contribution in [0.4, 0.5) is 0 Å². The monoisotopic (exact) mass is 252 g/mol. The first kappa shape index (κ1) is 15.0. The van der Waals surface area contributed by atoms with E-state index in [1.54, 1.807) is 0 Å². The number of nitrogens with zero attached hydrogens (tertiary/aromatic N) is 1. The zero-order chi connectivity index (χ0) is 13.5. The molecule has 0 aromatic heterocycles. The third-order valence-electron chi connectivity index (χ3n) is 2.85. The molecule has 0 amide bonds. The van der Waals surface area contributed by atoms with Crippen LogP contribution in [0.5, 0.6) is 5.75 Å². The quantitative estimate of drug-likeness (QED) is 0.770. The summed E-state index contributed by atoms with van der Waals surface area (Å²) in [6.45, 7) is 5.23. The molecule has 0 aliphatic heterocycles. The minimum atomic E-state index is 0.0621. The van der Waals surface area contributed by atoms with E-state index in [2.05, 4.69) is 0 Å². The molecule has 18 heavy (non-hydrogen) atoms. The Balaban J connectivity index is 2.97. The first-order chi connectivity index (χ1) is 8.60. The van der Waals surface area contributed by atoms with Crippen molar-refractivity contribution in [3.05, 3.63) is 29.8 Å². The lowest BCUT2D eigenvalue weighted by Crippen LogP contribution is -2.33. The van der Waals surface area contributed by atoms with Crippen molar-refractivity contribution in [2.24, 2.45) is 5.73 Å². The van der Waals surface area contributed by atoms with E-state index in [0.29, 0.717) is 13.1 Å². The van der Waals surface area contributed by atoms with E-state index in [1.165, 1.54) is 0 Å². The largest absolute Gasteiger partial charge is 0.491 e. The van der Waals surface area contributed by atoms with Crippen LogP contribution in [0.25, 0.3) is 0 Å². The van der Waals surface area contributed by atoms with E-state index in [1.807, 2.05) is 50.1 Å². The van der Waals surface area contributed by atoms with Gasteiger partial charge in [-0.1, -0.05) is 18.2 Å². The average molecular weight is 252 g/mol. The van der Waals surface area contributed by atoms with Crippen LogP contribution in [0.1, 0.15) is 25.5 Å². The van der Waals surface area contributed by atoms with Gasteiger partial charge in [0.25, 0.3) is 0 Å². The molecule has 0 saturated heterocycles. The third-order valence-corrected chi connectivity index (χ3v) is 2.85. The molecule has 0 bridgehead atoms. The molecule has 0 saturated carbocycles. The van der Waals surface area contributed by atoms with Crippen molar-refractivity contribution in [2.45, 2.75) is 26.0 Å². The van der Waals surface area contributed by atoms with Crippen LogP contribution >= 0.6 is 0 Å². The second-order valence-corrected chi connectivity index (χ2v) is 4.66. The summed E-state index contributed by atoms with van der Waals surface area (Å²) >= 11 is 0. The van der Waals surface area contributed by atoms with Crippen LogP contribution in [-0.2, 0) is 0 Å². The van der Waals surface area contributed by atoms with E-state index in [-0.39, 0.29) is 18.8 Å². The van der Waals surface area contributed by atoms with E-state index in [0.717, 1.165) is 11.3 Å². The molecule has 0 heterocycles. The van der Waals surface area contributed by atoms with Gasteiger partial charge in [-0.25, -0.2) is 0 Å². The van der Waals surface area contributed by atoms with Gasteiger partial charge >= 0.3 is 0 Å². The minimum absolute atomic E-state index is 0.0621. The van der Waals surface area contributed by atoms with E-state index < -0.39 is 0 Å². The summed E-state index contributed by atoms with van der Waals surface area (Å²) in [5, 5.41) is 9.03. The summed E-state index contributed by atoms with van der Waals surface area (Å²) < 4.78 is 5.81. The standard InChI is InChI=1S/C14H24N2O2/c1-11(2)18-14-7-5-4-6-12(14)13(10-15)16(3)8-9-17/h4-7,11,13,17H,8-10,15H2,1-3H3. The molecule has 0 aliphatic carbocycles. The number of para-hydroxylation sites is 1. The highest BCUT2D eigenvalue weighted by atomic mass is 16.5. The topological polar surface area (TPSA) is 58.7 Å². The molecule has 0 radical (unpaired) electrons. The fourth-order valence-electron chi connectivity index (χ4n) is 1.97. The predicted molar refractivity (Wildman–Crippen MR) is 73.7 cm³/mol. The SMILES string of the molecule is CC(C)Oc1ccccc1C(CN)N(C)CCO. The van der Waals surface area contributed by atoms with Gasteiger partial charge in [-0.2, -0.15) is 0 Å². The number of aliphatic hydroxyl groups excluding tert-OH is 1. The number of aliphatic hydroxyl groups is 1. The van der Waals surface area contributed by atoms with Crippen LogP contribution in [-0.4, -0.2) is 42.9 Å². The second-order valence-electron chi connectivity index (χ2n) is 4.66. The van der Waals surface area contributed by atoms with Gasteiger partial charge in [0.15, 0.2) is 0 Å². The average Bonchev–Trinajstić information content (AvgIpc) is 2.32.